The van der Waals surface area contributed by atoms with Gasteiger partial charge in [-0.05, 0) is 6.07 Å². The van der Waals surface area contributed by atoms with Crippen LogP contribution in [0.3, 0.4) is 0 Å². The number of oxazole rings is 1. The van der Waals surface area contributed by atoms with Gasteiger partial charge in [-0.3, -0.25) is 9.48 Å². The van der Waals surface area contributed by atoms with Crippen LogP contribution < -0.4 is 0 Å². The first-order valence-electron chi connectivity index (χ1n) is 9.21. The number of aryl methyl sites for hydroxylation is 1. The summed E-state index contributed by atoms with van der Waals surface area (Å²) in [6.07, 6.45) is 0.688. The fraction of sp³-hybridized carbons (Fsp3) is 0.381. The Labute approximate surface area is 158 Å². The molecule has 2 aromatic heterocycles. The highest BCUT2D eigenvalue weighted by molar-refractivity contribution is 5.93. The van der Waals surface area contributed by atoms with Crippen LogP contribution in [0.25, 0.3) is 11.3 Å². The van der Waals surface area contributed by atoms with Crippen molar-refractivity contribution in [2.24, 2.45) is 7.05 Å². The van der Waals surface area contributed by atoms with E-state index >= 15 is 0 Å². The molecule has 4 rings (SSSR count). The van der Waals surface area contributed by atoms with Gasteiger partial charge < -0.3 is 9.32 Å². The normalized spacial score (nSPS) is 14.3. The van der Waals surface area contributed by atoms with Crippen LogP contribution in [0.5, 0.6) is 0 Å². The number of amides is 1. The molecule has 0 aliphatic carbocycles. The molecule has 27 heavy (non-hydrogen) atoms. The Hall–Kier alpha value is -2.89. The number of rotatable bonds is 2. The fourth-order valence-corrected chi connectivity index (χ4v) is 3.27. The Bertz CT molecular complexity index is 980. The van der Waals surface area contributed by atoms with E-state index in [0.717, 1.165) is 28.6 Å². The third-order valence-corrected chi connectivity index (χ3v) is 4.82. The van der Waals surface area contributed by atoms with Crippen LogP contribution in [0, 0.1) is 0 Å². The highest BCUT2D eigenvalue weighted by Crippen LogP contribution is 2.28. The van der Waals surface area contributed by atoms with E-state index in [1.807, 2.05) is 48.3 Å². The summed E-state index contributed by atoms with van der Waals surface area (Å²) in [5.74, 6) is 1.60. The van der Waals surface area contributed by atoms with Crippen LogP contribution in [0.4, 0.5) is 0 Å². The molecule has 1 amide bonds. The summed E-state index contributed by atoms with van der Waals surface area (Å²) >= 11 is 0. The maximum absolute atomic E-state index is 13.1. The average molecular weight is 364 g/mol. The summed E-state index contributed by atoms with van der Waals surface area (Å²) in [7, 11) is 1.81. The number of hydrogen-bond acceptors (Lipinski definition) is 4. The average Bonchev–Trinajstić information content (AvgIpc) is 3.24. The maximum Gasteiger partial charge on any atom is 0.272 e. The topological polar surface area (TPSA) is 64.2 Å². The van der Waals surface area contributed by atoms with Gasteiger partial charge in [0.15, 0.2) is 5.89 Å². The molecule has 0 unspecified atom stereocenters. The monoisotopic (exact) mass is 364 g/mol. The third-order valence-electron chi connectivity index (χ3n) is 4.82. The molecule has 6 nitrogen and oxygen atoms in total. The summed E-state index contributed by atoms with van der Waals surface area (Å²) in [5.41, 5.74) is 3.11. The molecular weight excluding hydrogens is 340 g/mol. The van der Waals surface area contributed by atoms with Crippen molar-refractivity contribution in [2.75, 3.05) is 6.54 Å². The quantitative estimate of drug-likeness (QED) is 0.697. The first-order valence-corrected chi connectivity index (χ1v) is 9.21. The zero-order valence-corrected chi connectivity index (χ0v) is 16.2. The zero-order chi connectivity index (χ0) is 19.2. The van der Waals surface area contributed by atoms with Crippen molar-refractivity contribution in [2.45, 2.75) is 39.2 Å². The molecule has 0 atom stereocenters. The van der Waals surface area contributed by atoms with E-state index in [2.05, 4.69) is 30.9 Å². The van der Waals surface area contributed by atoms with Crippen molar-refractivity contribution in [3.05, 3.63) is 59.4 Å². The Balaban J connectivity index is 1.58. The standard InChI is InChI=1S/C21H24N4O2/c1-21(2,3)20-22-16-13-25(11-10-18(16)27-20)19(26)17-12-15(23-24(17)4)14-8-6-5-7-9-14/h5-9,12H,10-11,13H2,1-4H3. The molecule has 0 radical (unpaired) electrons. The number of carbonyl (C=O) groups excluding carboxylic acids is 1. The van der Waals surface area contributed by atoms with Gasteiger partial charge in [-0.2, -0.15) is 5.10 Å². The van der Waals surface area contributed by atoms with Gasteiger partial charge in [-0.15, -0.1) is 0 Å². The predicted molar refractivity (Wildman–Crippen MR) is 102 cm³/mol. The van der Waals surface area contributed by atoms with Crippen molar-refractivity contribution in [3.63, 3.8) is 0 Å². The Kier molecular flexibility index (Phi) is 4.13. The second kappa shape index (κ2) is 6.37. The predicted octanol–water partition coefficient (Wildman–Crippen LogP) is 3.57. The van der Waals surface area contributed by atoms with Gasteiger partial charge in [0.05, 0.1) is 12.2 Å². The molecule has 1 aliphatic heterocycles. The molecule has 0 spiro atoms. The largest absolute Gasteiger partial charge is 0.445 e. The minimum Gasteiger partial charge on any atom is -0.445 e. The molecule has 1 aromatic carbocycles. The lowest BCUT2D eigenvalue weighted by Crippen LogP contribution is -2.36. The first-order chi connectivity index (χ1) is 12.8. The van der Waals surface area contributed by atoms with E-state index in [1.54, 1.807) is 4.68 Å². The maximum atomic E-state index is 13.1. The molecule has 6 heteroatoms. The zero-order valence-electron chi connectivity index (χ0n) is 16.2. The van der Waals surface area contributed by atoms with Gasteiger partial charge in [-0.1, -0.05) is 51.1 Å². The van der Waals surface area contributed by atoms with Gasteiger partial charge >= 0.3 is 0 Å². The molecular formula is C21H24N4O2. The van der Waals surface area contributed by atoms with Crippen molar-refractivity contribution in [1.29, 1.82) is 0 Å². The number of carbonyl (C=O) groups is 1. The number of benzene rings is 1. The van der Waals surface area contributed by atoms with Gasteiger partial charge in [0.2, 0.25) is 0 Å². The number of aromatic nitrogens is 3. The highest BCUT2D eigenvalue weighted by Gasteiger charge is 2.30. The number of nitrogens with zero attached hydrogens (tertiary/aromatic N) is 4. The van der Waals surface area contributed by atoms with Crippen molar-refractivity contribution < 1.29 is 9.21 Å². The summed E-state index contributed by atoms with van der Waals surface area (Å²) in [6.45, 7) is 7.33. The highest BCUT2D eigenvalue weighted by atomic mass is 16.4. The molecule has 0 saturated heterocycles. The van der Waals surface area contributed by atoms with E-state index in [-0.39, 0.29) is 11.3 Å². The van der Waals surface area contributed by atoms with Crippen LogP contribution in [0.2, 0.25) is 0 Å². The van der Waals surface area contributed by atoms with Gasteiger partial charge in [0.1, 0.15) is 17.1 Å². The SMILES string of the molecule is Cn1nc(-c2ccccc2)cc1C(=O)N1CCc2oc(C(C)(C)C)nc2C1. The molecule has 0 saturated carbocycles. The first kappa shape index (κ1) is 17.5. The molecule has 0 bridgehead atoms. The molecule has 0 fully saturated rings. The van der Waals surface area contributed by atoms with Gasteiger partial charge in [0, 0.05) is 31.0 Å². The summed E-state index contributed by atoms with van der Waals surface area (Å²) < 4.78 is 7.58. The van der Waals surface area contributed by atoms with Crippen molar-refractivity contribution in [3.8, 4) is 11.3 Å². The number of fused-ring (bicyclic) bond motifs is 1. The minimum absolute atomic E-state index is 0.0295. The lowest BCUT2D eigenvalue weighted by atomic mass is 9.97. The van der Waals surface area contributed by atoms with Crippen LogP contribution in [0.15, 0.2) is 40.8 Å². The Morgan fingerprint density at radius 1 is 1.19 bits per heavy atom. The fourth-order valence-electron chi connectivity index (χ4n) is 3.27. The van der Waals surface area contributed by atoms with Crippen LogP contribution in [0.1, 0.15) is 48.6 Å². The van der Waals surface area contributed by atoms with E-state index in [1.165, 1.54) is 0 Å². The minimum atomic E-state index is -0.140. The van der Waals surface area contributed by atoms with Crippen LogP contribution >= 0.6 is 0 Å². The second-order valence-electron chi connectivity index (χ2n) is 8.02. The van der Waals surface area contributed by atoms with Crippen LogP contribution in [-0.2, 0) is 25.4 Å². The summed E-state index contributed by atoms with van der Waals surface area (Å²) in [5, 5.41) is 4.51. The van der Waals surface area contributed by atoms with E-state index in [4.69, 9.17) is 4.42 Å². The molecule has 1 aliphatic rings. The Morgan fingerprint density at radius 3 is 2.63 bits per heavy atom. The smallest absolute Gasteiger partial charge is 0.272 e. The van der Waals surface area contributed by atoms with E-state index < -0.39 is 0 Å². The van der Waals surface area contributed by atoms with Gasteiger partial charge in [0.25, 0.3) is 5.91 Å². The van der Waals surface area contributed by atoms with Crippen molar-refractivity contribution >= 4 is 5.91 Å². The lowest BCUT2D eigenvalue weighted by Gasteiger charge is -2.25. The van der Waals surface area contributed by atoms with Crippen molar-refractivity contribution in [1.82, 2.24) is 19.7 Å². The summed E-state index contributed by atoms with van der Waals surface area (Å²) in [6, 6.07) is 11.7. The van der Waals surface area contributed by atoms with Crippen LogP contribution in [-0.4, -0.2) is 32.1 Å². The third kappa shape index (κ3) is 3.27. The number of hydrogen-bond donors (Lipinski definition) is 0. The molecule has 0 N–H and O–H groups in total. The second-order valence-corrected chi connectivity index (χ2v) is 8.02. The molecule has 140 valence electrons. The van der Waals surface area contributed by atoms with E-state index in [9.17, 15) is 4.79 Å². The summed E-state index contributed by atoms with van der Waals surface area (Å²) in [4.78, 5) is 19.5. The van der Waals surface area contributed by atoms with E-state index in [0.29, 0.717) is 25.2 Å². The lowest BCUT2D eigenvalue weighted by molar-refractivity contribution is 0.0716. The molecule has 3 heterocycles. The molecule has 3 aromatic rings. The van der Waals surface area contributed by atoms with Gasteiger partial charge in [-0.25, -0.2) is 4.98 Å². The Morgan fingerprint density at radius 2 is 1.93 bits per heavy atom.